The van der Waals surface area contributed by atoms with Gasteiger partial charge >= 0.3 is 0 Å². The molecule has 1 aliphatic carbocycles. The predicted octanol–water partition coefficient (Wildman–Crippen LogP) is 3.79. The van der Waals surface area contributed by atoms with Crippen molar-refractivity contribution in [3.63, 3.8) is 0 Å². The lowest BCUT2D eigenvalue weighted by molar-refractivity contribution is 0.456. The molecule has 0 unspecified atom stereocenters. The van der Waals surface area contributed by atoms with Gasteiger partial charge in [-0.1, -0.05) is 49.6 Å². The van der Waals surface area contributed by atoms with Gasteiger partial charge in [-0.15, -0.1) is 34.2 Å². The fourth-order valence-corrected chi connectivity index (χ4v) is 3.57. The molecule has 3 rings (SSSR count). The molecule has 28 heavy (non-hydrogen) atoms. The van der Waals surface area contributed by atoms with Crippen LogP contribution in [-0.2, 0) is 19.5 Å². The van der Waals surface area contributed by atoms with Gasteiger partial charge in [-0.25, -0.2) is 0 Å². The molecule has 1 N–H and O–H groups in total. The van der Waals surface area contributed by atoms with E-state index in [9.17, 15) is 0 Å². The third kappa shape index (κ3) is 6.46. The third-order valence-electron chi connectivity index (χ3n) is 5.20. The largest absolute Gasteiger partial charge is 0.354 e. The minimum Gasteiger partial charge on any atom is -0.354 e. The van der Waals surface area contributed by atoms with Crippen LogP contribution in [0.5, 0.6) is 0 Å². The van der Waals surface area contributed by atoms with Gasteiger partial charge in [0.1, 0.15) is 12.2 Å². The molecular formula is C21H33IN6. The smallest absolute Gasteiger partial charge is 0.194 e. The molecule has 1 aromatic heterocycles. The Bertz CT molecular complexity index is 734. The molecule has 1 saturated carbocycles. The van der Waals surface area contributed by atoms with E-state index in [4.69, 9.17) is 4.99 Å². The zero-order valence-electron chi connectivity index (χ0n) is 17.3. The number of nitrogens with one attached hydrogen (secondary N) is 1. The normalized spacial score (nSPS) is 14.8. The molecule has 1 aliphatic rings. The highest BCUT2D eigenvalue weighted by atomic mass is 127. The molecule has 1 heterocycles. The van der Waals surface area contributed by atoms with Crippen molar-refractivity contribution >= 4 is 29.9 Å². The number of hydrogen-bond donors (Lipinski definition) is 1. The highest BCUT2D eigenvalue weighted by molar-refractivity contribution is 14.0. The summed E-state index contributed by atoms with van der Waals surface area (Å²) in [6, 6.07) is 9.28. The van der Waals surface area contributed by atoms with Crippen molar-refractivity contribution in [2.75, 3.05) is 13.6 Å². The van der Waals surface area contributed by atoms with E-state index in [0.29, 0.717) is 6.04 Å². The van der Waals surface area contributed by atoms with Crippen molar-refractivity contribution in [2.45, 2.75) is 65.1 Å². The molecule has 0 amide bonds. The van der Waals surface area contributed by atoms with Gasteiger partial charge in [0, 0.05) is 32.6 Å². The fraction of sp³-hybridized carbons (Fsp3) is 0.571. The Kier molecular flexibility index (Phi) is 9.21. The van der Waals surface area contributed by atoms with Crippen molar-refractivity contribution in [1.29, 1.82) is 0 Å². The number of aromatic nitrogens is 3. The fourth-order valence-electron chi connectivity index (χ4n) is 3.57. The van der Waals surface area contributed by atoms with Gasteiger partial charge in [-0.05, 0) is 25.3 Å². The van der Waals surface area contributed by atoms with E-state index < -0.39 is 0 Å². The first kappa shape index (κ1) is 22.6. The Balaban J connectivity index is 0.00000280. The summed E-state index contributed by atoms with van der Waals surface area (Å²) in [5.74, 6) is 2.01. The number of aryl methyl sites for hydroxylation is 2. The molecule has 2 aromatic rings. The third-order valence-corrected chi connectivity index (χ3v) is 5.20. The van der Waals surface area contributed by atoms with Crippen LogP contribution in [-0.4, -0.2) is 45.3 Å². The number of rotatable bonds is 7. The second kappa shape index (κ2) is 11.4. The summed E-state index contributed by atoms with van der Waals surface area (Å²) in [4.78, 5) is 7.14. The molecule has 0 bridgehead atoms. The van der Waals surface area contributed by atoms with Crippen LogP contribution in [0.2, 0.25) is 0 Å². The van der Waals surface area contributed by atoms with Crippen LogP contribution >= 0.6 is 24.0 Å². The number of hydrogen-bond acceptors (Lipinski definition) is 3. The van der Waals surface area contributed by atoms with E-state index in [2.05, 4.69) is 70.1 Å². The molecule has 154 valence electrons. The lowest BCUT2D eigenvalue weighted by Gasteiger charge is -2.25. The van der Waals surface area contributed by atoms with E-state index >= 15 is 0 Å². The second-order valence-electron chi connectivity index (χ2n) is 7.47. The van der Waals surface area contributed by atoms with E-state index in [1.54, 1.807) is 6.33 Å². The summed E-state index contributed by atoms with van der Waals surface area (Å²) in [5.41, 5.74) is 2.59. The molecule has 7 heteroatoms. The average Bonchev–Trinajstić information content (AvgIpc) is 3.34. The van der Waals surface area contributed by atoms with Gasteiger partial charge in [0.25, 0.3) is 0 Å². The van der Waals surface area contributed by atoms with Crippen molar-refractivity contribution in [2.24, 2.45) is 4.99 Å². The van der Waals surface area contributed by atoms with Gasteiger partial charge in [-0.2, -0.15) is 0 Å². The number of aliphatic imine (C=N–C) groups is 1. The Morgan fingerprint density at radius 2 is 1.96 bits per heavy atom. The summed E-state index contributed by atoms with van der Waals surface area (Å²) in [6.07, 6.45) is 7.80. The molecule has 0 atom stereocenters. The molecule has 1 fully saturated rings. The second-order valence-corrected chi connectivity index (χ2v) is 7.47. The Morgan fingerprint density at radius 1 is 1.25 bits per heavy atom. The van der Waals surface area contributed by atoms with E-state index in [1.165, 1.54) is 36.8 Å². The standard InChI is InChI=1S/C21H32N6.HI/c1-4-20-25-23-16-27(20)14-13-22-21(24-19-7-5-6-8-19)26(3)15-18-11-9-17(2)10-12-18;/h9-12,16,19H,4-8,13-15H2,1-3H3,(H,22,24);1H. The van der Waals surface area contributed by atoms with Crippen molar-refractivity contribution in [1.82, 2.24) is 25.0 Å². The Labute approximate surface area is 185 Å². The van der Waals surface area contributed by atoms with E-state index in [-0.39, 0.29) is 24.0 Å². The zero-order chi connectivity index (χ0) is 19.1. The van der Waals surface area contributed by atoms with Gasteiger partial charge in [0.05, 0.1) is 6.54 Å². The van der Waals surface area contributed by atoms with Crippen LogP contribution < -0.4 is 5.32 Å². The number of benzene rings is 1. The minimum absolute atomic E-state index is 0. The van der Waals surface area contributed by atoms with Crippen LogP contribution in [0.3, 0.4) is 0 Å². The maximum atomic E-state index is 4.91. The summed E-state index contributed by atoms with van der Waals surface area (Å²) in [6.45, 7) is 6.61. The van der Waals surface area contributed by atoms with Crippen LogP contribution in [0.1, 0.15) is 49.6 Å². The van der Waals surface area contributed by atoms with Crippen LogP contribution in [0.25, 0.3) is 0 Å². The molecular weight excluding hydrogens is 463 g/mol. The van der Waals surface area contributed by atoms with Gasteiger partial charge in [-0.3, -0.25) is 4.99 Å². The van der Waals surface area contributed by atoms with Gasteiger partial charge in [0.15, 0.2) is 5.96 Å². The van der Waals surface area contributed by atoms with Crippen molar-refractivity contribution < 1.29 is 0 Å². The summed E-state index contributed by atoms with van der Waals surface area (Å²) >= 11 is 0. The van der Waals surface area contributed by atoms with Gasteiger partial charge < -0.3 is 14.8 Å². The van der Waals surface area contributed by atoms with Crippen LogP contribution in [0.15, 0.2) is 35.6 Å². The highest BCUT2D eigenvalue weighted by Gasteiger charge is 2.18. The first-order valence-corrected chi connectivity index (χ1v) is 10.1. The van der Waals surface area contributed by atoms with Crippen LogP contribution in [0, 0.1) is 6.92 Å². The van der Waals surface area contributed by atoms with Crippen molar-refractivity contribution in [3.8, 4) is 0 Å². The average molecular weight is 496 g/mol. The highest BCUT2D eigenvalue weighted by Crippen LogP contribution is 2.18. The first-order chi connectivity index (χ1) is 13.2. The Morgan fingerprint density at radius 3 is 2.64 bits per heavy atom. The molecule has 6 nitrogen and oxygen atoms in total. The quantitative estimate of drug-likeness (QED) is 0.360. The van der Waals surface area contributed by atoms with E-state index in [0.717, 1.165) is 37.8 Å². The number of guanidine groups is 1. The zero-order valence-corrected chi connectivity index (χ0v) is 19.6. The maximum absolute atomic E-state index is 4.91. The van der Waals surface area contributed by atoms with Crippen LogP contribution in [0.4, 0.5) is 0 Å². The first-order valence-electron chi connectivity index (χ1n) is 10.1. The lowest BCUT2D eigenvalue weighted by Crippen LogP contribution is -2.43. The maximum Gasteiger partial charge on any atom is 0.194 e. The van der Waals surface area contributed by atoms with E-state index in [1.807, 2.05) is 0 Å². The summed E-state index contributed by atoms with van der Waals surface area (Å²) < 4.78 is 2.09. The minimum atomic E-state index is 0. The molecule has 0 aliphatic heterocycles. The SMILES string of the molecule is CCc1nncn1CCN=C(NC1CCCC1)N(C)Cc1ccc(C)cc1.I. The summed E-state index contributed by atoms with van der Waals surface area (Å²) in [5, 5.41) is 11.9. The molecule has 0 spiro atoms. The number of nitrogens with zero attached hydrogens (tertiary/aromatic N) is 5. The Hall–Kier alpha value is -1.64. The number of halogens is 1. The van der Waals surface area contributed by atoms with Crippen molar-refractivity contribution in [3.05, 3.63) is 47.5 Å². The monoisotopic (exact) mass is 496 g/mol. The topological polar surface area (TPSA) is 58.3 Å². The van der Waals surface area contributed by atoms with Gasteiger partial charge in [0.2, 0.25) is 0 Å². The molecule has 1 aromatic carbocycles. The lowest BCUT2D eigenvalue weighted by atomic mass is 10.1. The molecule has 0 saturated heterocycles. The predicted molar refractivity (Wildman–Crippen MR) is 125 cm³/mol. The molecule has 0 radical (unpaired) electrons. The summed E-state index contributed by atoms with van der Waals surface area (Å²) in [7, 11) is 2.12.